The first-order chi connectivity index (χ1) is 16.3. The molecule has 9 heteroatoms. The van der Waals surface area contributed by atoms with Crippen LogP contribution in [0.3, 0.4) is 0 Å². The Morgan fingerprint density at radius 3 is 2.44 bits per heavy atom. The van der Waals surface area contributed by atoms with E-state index in [2.05, 4.69) is 15.8 Å². The van der Waals surface area contributed by atoms with E-state index in [0.717, 1.165) is 22.9 Å². The predicted octanol–water partition coefficient (Wildman–Crippen LogP) is 4.21. The summed E-state index contributed by atoms with van der Waals surface area (Å²) in [6, 6.07) is 19.1. The number of benzene rings is 3. The molecule has 4 aromatic rings. The minimum atomic E-state index is -0.467. The van der Waals surface area contributed by atoms with Crippen LogP contribution in [0.1, 0.15) is 21.5 Å². The number of nitrogens with one attached hydrogen (secondary N) is 2. The van der Waals surface area contributed by atoms with Crippen molar-refractivity contribution < 1.29 is 9.59 Å². The van der Waals surface area contributed by atoms with Crippen LogP contribution in [0, 0.1) is 13.8 Å². The number of rotatable bonds is 5. The molecule has 7 nitrogen and oxygen atoms in total. The highest BCUT2D eigenvalue weighted by atomic mass is 35.5. The number of halogens is 1. The summed E-state index contributed by atoms with van der Waals surface area (Å²) in [5.41, 5.74) is 8.27. The van der Waals surface area contributed by atoms with Gasteiger partial charge in [0, 0.05) is 10.6 Å². The van der Waals surface area contributed by atoms with Crippen LogP contribution < -0.4 is 16.4 Å². The predicted molar refractivity (Wildman–Crippen MR) is 135 cm³/mol. The van der Waals surface area contributed by atoms with Crippen molar-refractivity contribution in [1.29, 1.82) is 0 Å². The Hall–Kier alpha value is -3.62. The average Bonchev–Trinajstić information content (AvgIpc) is 2.83. The molecule has 2 amide bonds. The number of carbonyl (C=O) groups is 2. The number of hydrogen-bond acceptors (Lipinski definition) is 5. The van der Waals surface area contributed by atoms with Crippen molar-refractivity contribution in [1.82, 2.24) is 20.4 Å². The van der Waals surface area contributed by atoms with Crippen molar-refractivity contribution in [2.24, 2.45) is 0 Å². The number of amides is 2. The second kappa shape index (κ2) is 10.1. The lowest BCUT2D eigenvalue weighted by molar-refractivity contribution is -0.119. The number of hydrazine groups is 1. The van der Waals surface area contributed by atoms with E-state index >= 15 is 0 Å². The first-order valence-corrected chi connectivity index (χ1v) is 11.8. The Morgan fingerprint density at radius 2 is 1.71 bits per heavy atom. The first-order valence-electron chi connectivity index (χ1n) is 10.4. The lowest BCUT2D eigenvalue weighted by atomic mass is 10.1. The summed E-state index contributed by atoms with van der Waals surface area (Å²) >= 11 is 6.94. The van der Waals surface area contributed by atoms with Crippen LogP contribution in [-0.4, -0.2) is 27.1 Å². The van der Waals surface area contributed by atoms with Gasteiger partial charge < -0.3 is 0 Å². The molecule has 1 heterocycles. The second-order valence-corrected chi connectivity index (χ2v) is 9.00. The summed E-state index contributed by atoms with van der Waals surface area (Å²) < 4.78 is 1.51. The van der Waals surface area contributed by atoms with E-state index in [-0.39, 0.29) is 11.3 Å². The smallest absolute Gasteiger partial charge is 0.269 e. The lowest BCUT2D eigenvalue weighted by Gasteiger charge is -2.14. The van der Waals surface area contributed by atoms with Crippen molar-refractivity contribution in [2.45, 2.75) is 19.0 Å². The minimum Gasteiger partial charge on any atom is -0.272 e. The number of hydrogen-bond donors (Lipinski definition) is 2. The third-order valence-corrected chi connectivity index (χ3v) is 6.44. The van der Waals surface area contributed by atoms with Gasteiger partial charge in [0.1, 0.15) is 0 Å². The fourth-order valence-electron chi connectivity index (χ4n) is 3.27. The molecule has 1 aromatic heterocycles. The Balaban J connectivity index is 1.55. The van der Waals surface area contributed by atoms with E-state index in [1.54, 1.807) is 42.5 Å². The highest BCUT2D eigenvalue weighted by Crippen LogP contribution is 2.22. The van der Waals surface area contributed by atoms with E-state index in [1.807, 2.05) is 38.1 Å². The number of fused-ring (bicyclic) bond motifs is 1. The van der Waals surface area contributed by atoms with Crippen LogP contribution in [0.15, 0.2) is 76.7 Å². The van der Waals surface area contributed by atoms with Gasteiger partial charge >= 0.3 is 0 Å². The van der Waals surface area contributed by atoms with Crippen molar-refractivity contribution >= 4 is 46.1 Å². The summed E-state index contributed by atoms with van der Waals surface area (Å²) in [6.45, 7) is 3.97. The van der Waals surface area contributed by atoms with Gasteiger partial charge in [-0.15, -0.1) is 0 Å². The van der Waals surface area contributed by atoms with Crippen LogP contribution >= 0.6 is 23.4 Å². The number of nitrogens with zero attached hydrogens (tertiary/aromatic N) is 2. The highest BCUT2D eigenvalue weighted by Gasteiger charge is 2.16. The van der Waals surface area contributed by atoms with E-state index in [0.29, 0.717) is 32.3 Å². The number of thioether (sulfide) groups is 1. The maximum atomic E-state index is 13.3. The van der Waals surface area contributed by atoms with E-state index in [9.17, 15) is 14.4 Å². The molecule has 0 saturated carbocycles. The molecule has 0 bridgehead atoms. The molecule has 2 N–H and O–H groups in total. The van der Waals surface area contributed by atoms with Crippen molar-refractivity contribution in [3.8, 4) is 5.69 Å². The summed E-state index contributed by atoms with van der Waals surface area (Å²) in [5.74, 6) is -0.969. The van der Waals surface area contributed by atoms with Gasteiger partial charge in [-0.2, -0.15) is 0 Å². The van der Waals surface area contributed by atoms with Crippen molar-refractivity contribution in [3.63, 3.8) is 0 Å². The molecule has 0 saturated heterocycles. The average molecular weight is 493 g/mol. The molecule has 0 radical (unpaired) electrons. The van der Waals surface area contributed by atoms with E-state index in [4.69, 9.17) is 11.6 Å². The molecule has 34 heavy (non-hydrogen) atoms. The molecule has 0 aliphatic carbocycles. The summed E-state index contributed by atoms with van der Waals surface area (Å²) in [6.07, 6.45) is 0. The third kappa shape index (κ3) is 5.13. The minimum absolute atomic E-state index is 0.0590. The number of aromatic nitrogens is 2. The van der Waals surface area contributed by atoms with Crippen LogP contribution in [0.5, 0.6) is 0 Å². The summed E-state index contributed by atoms with van der Waals surface area (Å²) in [4.78, 5) is 42.6. The number of aryl methyl sites for hydroxylation is 2. The van der Waals surface area contributed by atoms with Crippen LogP contribution in [0.25, 0.3) is 16.6 Å². The maximum absolute atomic E-state index is 13.3. The molecule has 0 aliphatic rings. The van der Waals surface area contributed by atoms with Crippen LogP contribution in [-0.2, 0) is 4.79 Å². The Bertz CT molecular complexity index is 1450. The van der Waals surface area contributed by atoms with E-state index < -0.39 is 11.8 Å². The van der Waals surface area contributed by atoms with Gasteiger partial charge in [-0.1, -0.05) is 41.6 Å². The molecule has 172 valence electrons. The molecule has 0 fully saturated rings. The SMILES string of the molecule is Cc1ccc(-n2c(SCC(=O)NNC(=O)c3ccc(Cl)cc3)nc3ccccc3c2=O)cc1C. The van der Waals surface area contributed by atoms with Crippen LogP contribution in [0.4, 0.5) is 0 Å². The Labute approximate surface area is 205 Å². The molecule has 0 unspecified atom stereocenters. The molecule has 3 aromatic carbocycles. The maximum Gasteiger partial charge on any atom is 0.269 e. The van der Waals surface area contributed by atoms with Gasteiger partial charge in [-0.3, -0.25) is 29.8 Å². The van der Waals surface area contributed by atoms with Crippen molar-refractivity contribution in [2.75, 3.05) is 5.75 Å². The Kier molecular flexibility index (Phi) is 7.00. The highest BCUT2D eigenvalue weighted by molar-refractivity contribution is 7.99. The van der Waals surface area contributed by atoms with Gasteiger partial charge in [-0.25, -0.2) is 4.98 Å². The molecule has 0 spiro atoms. The first kappa shape index (κ1) is 23.5. The number of carbonyl (C=O) groups excluding carboxylic acids is 2. The summed E-state index contributed by atoms with van der Waals surface area (Å²) in [7, 11) is 0. The zero-order valence-electron chi connectivity index (χ0n) is 18.5. The Morgan fingerprint density at radius 1 is 0.971 bits per heavy atom. The van der Waals surface area contributed by atoms with Gasteiger partial charge in [0.25, 0.3) is 11.5 Å². The van der Waals surface area contributed by atoms with Crippen LogP contribution in [0.2, 0.25) is 5.02 Å². The molecule has 4 rings (SSSR count). The normalized spacial score (nSPS) is 10.8. The largest absolute Gasteiger partial charge is 0.272 e. The molecule has 0 atom stereocenters. The zero-order valence-corrected chi connectivity index (χ0v) is 20.0. The zero-order chi connectivity index (χ0) is 24.2. The molecular weight excluding hydrogens is 472 g/mol. The van der Waals surface area contributed by atoms with Crippen molar-refractivity contribution in [3.05, 3.63) is 98.8 Å². The van der Waals surface area contributed by atoms with Gasteiger partial charge in [0.05, 0.1) is 22.3 Å². The molecule has 0 aliphatic heterocycles. The third-order valence-electron chi connectivity index (χ3n) is 5.25. The lowest BCUT2D eigenvalue weighted by Crippen LogP contribution is -2.42. The standard InChI is InChI=1S/C25H21ClN4O3S/c1-15-7-12-19(13-16(15)2)30-24(33)20-5-3-4-6-21(20)27-25(30)34-14-22(31)28-29-23(32)17-8-10-18(26)11-9-17/h3-13H,14H2,1-2H3,(H,28,31)(H,29,32). The monoisotopic (exact) mass is 492 g/mol. The fraction of sp³-hybridized carbons (Fsp3) is 0.120. The topological polar surface area (TPSA) is 93.1 Å². The second-order valence-electron chi connectivity index (χ2n) is 7.62. The van der Waals surface area contributed by atoms with E-state index in [1.165, 1.54) is 4.57 Å². The van der Waals surface area contributed by atoms with Gasteiger partial charge in [-0.05, 0) is 73.5 Å². The quantitative estimate of drug-likeness (QED) is 0.247. The fourth-order valence-corrected chi connectivity index (χ4v) is 4.21. The molecular formula is C25H21ClN4O3S. The van der Waals surface area contributed by atoms with Gasteiger partial charge in [0.15, 0.2) is 5.16 Å². The summed E-state index contributed by atoms with van der Waals surface area (Å²) in [5, 5.41) is 1.38. The van der Waals surface area contributed by atoms with Gasteiger partial charge in [0.2, 0.25) is 5.91 Å². The number of para-hydroxylation sites is 1.